The van der Waals surface area contributed by atoms with E-state index >= 15 is 0 Å². The number of hydrogen-bond donors (Lipinski definition) is 1. The number of rotatable bonds is 8. The van der Waals surface area contributed by atoms with Gasteiger partial charge in [0.2, 0.25) is 15.9 Å². The van der Waals surface area contributed by atoms with Gasteiger partial charge in [0.15, 0.2) is 0 Å². The summed E-state index contributed by atoms with van der Waals surface area (Å²) >= 11 is 1.69. The molecule has 0 spiro atoms. The van der Waals surface area contributed by atoms with Gasteiger partial charge in [-0.25, -0.2) is 12.7 Å². The van der Waals surface area contributed by atoms with Crippen molar-refractivity contribution in [2.45, 2.75) is 29.3 Å². The zero-order valence-electron chi connectivity index (χ0n) is 16.8. The summed E-state index contributed by atoms with van der Waals surface area (Å²) in [5, 5.41) is 2.81. The van der Waals surface area contributed by atoms with Crippen LogP contribution in [0.4, 0.5) is 5.69 Å². The van der Waals surface area contributed by atoms with Crippen LogP contribution < -0.4 is 5.32 Å². The molecule has 0 bridgehead atoms. The molecule has 8 heteroatoms. The van der Waals surface area contributed by atoms with Crippen LogP contribution in [-0.2, 0) is 21.4 Å². The van der Waals surface area contributed by atoms with Gasteiger partial charge in [-0.05, 0) is 56.1 Å². The topological polar surface area (TPSA) is 69.7 Å². The van der Waals surface area contributed by atoms with Gasteiger partial charge in [-0.1, -0.05) is 18.2 Å². The smallest absolute Gasteiger partial charge is 0.242 e. The maximum Gasteiger partial charge on any atom is 0.242 e. The summed E-state index contributed by atoms with van der Waals surface area (Å²) in [7, 11) is 1.29. The quantitative estimate of drug-likeness (QED) is 0.663. The van der Waals surface area contributed by atoms with Gasteiger partial charge in [0.25, 0.3) is 0 Å². The lowest BCUT2D eigenvalue weighted by Crippen LogP contribution is -2.39. The van der Waals surface area contributed by atoms with E-state index in [1.165, 1.54) is 31.1 Å². The summed E-state index contributed by atoms with van der Waals surface area (Å²) in [6.45, 7) is 2.46. The van der Waals surface area contributed by atoms with E-state index in [0.717, 1.165) is 9.87 Å². The van der Waals surface area contributed by atoms with Crippen LogP contribution in [0.1, 0.15) is 12.5 Å². The molecular formula is C20H27N3O3S2. The van der Waals surface area contributed by atoms with Crippen molar-refractivity contribution in [3.63, 3.8) is 0 Å². The van der Waals surface area contributed by atoms with Crippen molar-refractivity contribution in [2.75, 3.05) is 32.7 Å². The highest BCUT2D eigenvalue weighted by atomic mass is 32.2. The zero-order chi connectivity index (χ0) is 20.9. The van der Waals surface area contributed by atoms with Gasteiger partial charge < -0.3 is 5.32 Å². The van der Waals surface area contributed by atoms with Crippen LogP contribution in [-0.4, -0.2) is 57.0 Å². The Bertz CT molecular complexity index is 913. The van der Waals surface area contributed by atoms with Crippen molar-refractivity contribution >= 4 is 33.4 Å². The summed E-state index contributed by atoms with van der Waals surface area (Å²) in [5.41, 5.74) is 1.58. The van der Waals surface area contributed by atoms with Crippen molar-refractivity contribution in [2.24, 2.45) is 0 Å². The number of carbonyl (C=O) groups is 1. The molecule has 0 fully saturated rings. The van der Waals surface area contributed by atoms with E-state index in [2.05, 4.69) is 29.6 Å². The number of amides is 1. The minimum Gasteiger partial charge on any atom is -0.325 e. The monoisotopic (exact) mass is 421 g/mol. The maximum atomic E-state index is 12.6. The molecule has 2 aromatic rings. The number of anilines is 1. The van der Waals surface area contributed by atoms with Crippen molar-refractivity contribution in [3.05, 3.63) is 54.1 Å². The van der Waals surface area contributed by atoms with Crippen LogP contribution in [0.15, 0.2) is 58.3 Å². The van der Waals surface area contributed by atoms with Crippen molar-refractivity contribution in [1.82, 2.24) is 9.21 Å². The Morgan fingerprint density at radius 3 is 2.32 bits per heavy atom. The second-order valence-corrected chi connectivity index (χ2v) is 9.78. The Labute approximate surface area is 172 Å². The predicted molar refractivity (Wildman–Crippen MR) is 115 cm³/mol. The van der Waals surface area contributed by atoms with E-state index < -0.39 is 10.0 Å². The lowest BCUT2D eigenvalue weighted by Gasteiger charge is -2.24. The summed E-state index contributed by atoms with van der Waals surface area (Å²) in [6.07, 6.45) is 2.03. The Kier molecular flexibility index (Phi) is 7.65. The number of benzene rings is 2. The highest BCUT2D eigenvalue weighted by molar-refractivity contribution is 7.98. The van der Waals surface area contributed by atoms with Gasteiger partial charge in [0, 0.05) is 31.2 Å². The highest BCUT2D eigenvalue weighted by Gasteiger charge is 2.20. The second-order valence-electron chi connectivity index (χ2n) is 6.74. The summed E-state index contributed by atoms with van der Waals surface area (Å²) in [4.78, 5) is 15.9. The van der Waals surface area contributed by atoms with Gasteiger partial charge >= 0.3 is 0 Å². The molecular weight excluding hydrogens is 394 g/mol. The van der Waals surface area contributed by atoms with Gasteiger partial charge in [0.1, 0.15) is 0 Å². The third-order valence-electron chi connectivity index (χ3n) is 4.51. The predicted octanol–water partition coefficient (Wildman–Crippen LogP) is 3.12. The average Bonchev–Trinajstić information content (AvgIpc) is 2.67. The van der Waals surface area contributed by atoms with Crippen LogP contribution in [0.5, 0.6) is 0 Å². The van der Waals surface area contributed by atoms with E-state index in [9.17, 15) is 13.2 Å². The van der Waals surface area contributed by atoms with Crippen LogP contribution in [0, 0.1) is 0 Å². The fourth-order valence-corrected chi connectivity index (χ4v) is 3.90. The van der Waals surface area contributed by atoms with E-state index in [-0.39, 0.29) is 16.8 Å². The van der Waals surface area contributed by atoms with Crippen LogP contribution in [0.25, 0.3) is 0 Å². The molecule has 1 amide bonds. The standard InChI is InChI=1S/C20H27N3O3S2/c1-15(23(4)14-16-9-11-18(27-5)12-10-16)20(24)21-17-7-6-8-19(13-17)28(25,26)22(2)3/h6-13,15H,14H2,1-5H3,(H,21,24)/t15-/m1/s1. The summed E-state index contributed by atoms with van der Waals surface area (Å²) < 4.78 is 25.7. The molecule has 28 heavy (non-hydrogen) atoms. The third-order valence-corrected chi connectivity index (χ3v) is 7.07. The number of carbonyl (C=O) groups excluding carboxylic acids is 1. The molecule has 1 N–H and O–H groups in total. The molecule has 152 valence electrons. The van der Waals surface area contributed by atoms with E-state index in [1.807, 2.05) is 25.1 Å². The molecule has 0 aliphatic carbocycles. The normalized spacial score (nSPS) is 13.0. The average molecular weight is 422 g/mol. The number of hydrogen-bond acceptors (Lipinski definition) is 5. The Morgan fingerprint density at radius 1 is 1.11 bits per heavy atom. The first-order chi connectivity index (χ1) is 13.1. The molecule has 0 radical (unpaired) electrons. The lowest BCUT2D eigenvalue weighted by atomic mass is 10.2. The molecule has 0 aliphatic rings. The van der Waals surface area contributed by atoms with E-state index in [4.69, 9.17) is 0 Å². The van der Waals surface area contributed by atoms with Crippen LogP contribution in [0.3, 0.4) is 0 Å². The van der Waals surface area contributed by atoms with Crippen molar-refractivity contribution < 1.29 is 13.2 Å². The SMILES string of the molecule is CSc1ccc(CN(C)[C@H](C)C(=O)Nc2cccc(S(=O)(=O)N(C)C)c2)cc1. The molecule has 0 aromatic heterocycles. The second kappa shape index (κ2) is 9.56. The fraction of sp³-hybridized carbons (Fsp3) is 0.350. The third kappa shape index (κ3) is 5.57. The molecule has 0 unspecified atom stereocenters. The first-order valence-corrected chi connectivity index (χ1v) is 11.5. The fourth-order valence-electron chi connectivity index (χ4n) is 2.55. The number of nitrogens with zero attached hydrogens (tertiary/aromatic N) is 2. The van der Waals surface area contributed by atoms with Crippen LogP contribution in [0.2, 0.25) is 0 Å². The minimum atomic E-state index is -3.55. The summed E-state index contributed by atoms with van der Waals surface area (Å²) in [6, 6.07) is 14.2. The van der Waals surface area contributed by atoms with Crippen molar-refractivity contribution in [3.8, 4) is 0 Å². The van der Waals surface area contributed by atoms with Gasteiger partial charge in [-0.15, -0.1) is 11.8 Å². The Balaban J connectivity index is 2.05. The molecule has 2 aromatic carbocycles. The van der Waals surface area contributed by atoms with Gasteiger partial charge in [-0.2, -0.15) is 0 Å². The molecule has 2 rings (SSSR count). The van der Waals surface area contributed by atoms with Gasteiger partial charge in [0.05, 0.1) is 10.9 Å². The molecule has 0 saturated carbocycles. The number of thioether (sulfide) groups is 1. The summed E-state index contributed by atoms with van der Waals surface area (Å²) in [5.74, 6) is -0.192. The first kappa shape index (κ1) is 22.4. The highest BCUT2D eigenvalue weighted by Crippen LogP contribution is 2.19. The molecule has 0 saturated heterocycles. The Hall–Kier alpha value is -1.87. The number of nitrogens with one attached hydrogen (secondary N) is 1. The van der Waals surface area contributed by atoms with Gasteiger partial charge in [-0.3, -0.25) is 9.69 Å². The number of sulfonamides is 1. The lowest BCUT2D eigenvalue weighted by molar-refractivity contribution is -0.120. The Morgan fingerprint density at radius 2 is 1.75 bits per heavy atom. The van der Waals surface area contributed by atoms with E-state index in [0.29, 0.717) is 12.2 Å². The molecule has 0 aliphatic heterocycles. The largest absolute Gasteiger partial charge is 0.325 e. The van der Waals surface area contributed by atoms with Crippen LogP contribution >= 0.6 is 11.8 Å². The molecule has 0 heterocycles. The first-order valence-electron chi connectivity index (χ1n) is 8.81. The maximum absolute atomic E-state index is 12.6. The molecule has 1 atom stereocenters. The zero-order valence-corrected chi connectivity index (χ0v) is 18.5. The van der Waals surface area contributed by atoms with Crippen molar-refractivity contribution in [1.29, 1.82) is 0 Å². The number of likely N-dealkylation sites (N-methyl/N-ethyl adjacent to an activating group) is 1. The van der Waals surface area contributed by atoms with E-state index in [1.54, 1.807) is 23.9 Å². The molecule has 6 nitrogen and oxygen atoms in total. The minimum absolute atomic E-state index is 0.144.